The first-order valence-electron chi connectivity index (χ1n) is 8.59. The lowest BCUT2D eigenvalue weighted by Gasteiger charge is -2.23. The van der Waals surface area contributed by atoms with Crippen molar-refractivity contribution in [2.75, 3.05) is 25.1 Å². The van der Waals surface area contributed by atoms with Crippen molar-refractivity contribution in [3.63, 3.8) is 0 Å². The molecule has 0 saturated carbocycles. The Balaban J connectivity index is 1.45. The molecule has 0 spiro atoms. The zero-order valence-corrected chi connectivity index (χ0v) is 14.4. The molecule has 0 radical (unpaired) electrons. The first kappa shape index (κ1) is 18.0. The minimum atomic E-state index is -0.207. The normalized spacial score (nSPS) is 16.7. The average Bonchev–Trinajstić information content (AvgIpc) is 2.69. The number of pyridine rings is 1. The van der Waals surface area contributed by atoms with E-state index in [9.17, 15) is 9.59 Å². The number of hydrogen-bond acceptors (Lipinski definition) is 5. The van der Waals surface area contributed by atoms with Gasteiger partial charge < -0.3 is 20.7 Å². The van der Waals surface area contributed by atoms with E-state index in [0.29, 0.717) is 37.4 Å². The Morgan fingerprint density at radius 3 is 2.77 bits per heavy atom. The second-order valence-electron chi connectivity index (χ2n) is 6.10. The van der Waals surface area contributed by atoms with E-state index in [1.54, 1.807) is 18.3 Å². The molecule has 1 aliphatic heterocycles. The van der Waals surface area contributed by atoms with E-state index in [1.165, 1.54) is 6.20 Å². The Bertz CT molecular complexity index is 728. The van der Waals surface area contributed by atoms with Gasteiger partial charge in [-0.25, -0.2) is 0 Å². The molecule has 1 aromatic carbocycles. The number of nitrogens with one attached hydrogen (secondary N) is 3. The van der Waals surface area contributed by atoms with Gasteiger partial charge in [0.15, 0.2) is 0 Å². The fraction of sp³-hybridized carbons (Fsp3) is 0.316. The predicted molar refractivity (Wildman–Crippen MR) is 97.7 cm³/mol. The van der Waals surface area contributed by atoms with Gasteiger partial charge in [-0.3, -0.25) is 14.6 Å². The van der Waals surface area contributed by atoms with Crippen LogP contribution < -0.4 is 16.0 Å². The molecule has 1 saturated heterocycles. The van der Waals surface area contributed by atoms with Crippen molar-refractivity contribution in [1.29, 1.82) is 0 Å². The lowest BCUT2D eigenvalue weighted by Crippen LogP contribution is -2.44. The van der Waals surface area contributed by atoms with Crippen LogP contribution in [0.4, 0.5) is 5.69 Å². The molecule has 2 aromatic rings. The Labute approximate surface area is 152 Å². The van der Waals surface area contributed by atoms with E-state index in [1.807, 2.05) is 24.3 Å². The highest BCUT2D eigenvalue weighted by molar-refractivity contribution is 6.03. The van der Waals surface area contributed by atoms with Crippen LogP contribution in [0.15, 0.2) is 48.8 Å². The van der Waals surface area contributed by atoms with Gasteiger partial charge in [-0.1, -0.05) is 12.1 Å². The number of benzene rings is 1. The van der Waals surface area contributed by atoms with Crippen LogP contribution in [-0.4, -0.2) is 42.6 Å². The van der Waals surface area contributed by atoms with E-state index in [4.69, 9.17) is 4.74 Å². The van der Waals surface area contributed by atoms with Crippen LogP contribution in [0.1, 0.15) is 22.3 Å². The lowest BCUT2D eigenvalue weighted by molar-refractivity contribution is -0.122. The van der Waals surface area contributed by atoms with Crippen molar-refractivity contribution in [1.82, 2.24) is 15.6 Å². The topological polar surface area (TPSA) is 92.4 Å². The minimum Gasteiger partial charge on any atom is -0.378 e. The zero-order valence-electron chi connectivity index (χ0n) is 14.4. The zero-order chi connectivity index (χ0) is 18.2. The predicted octanol–water partition coefficient (Wildman–Crippen LogP) is 1.33. The second-order valence-corrected chi connectivity index (χ2v) is 6.10. The van der Waals surface area contributed by atoms with E-state index in [2.05, 4.69) is 20.9 Å². The van der Waals surface area contributed by atoms with Gasteiger partial charge in [0.05, 0.1) is 18.8 Å². The van der Waals surface area contributed by atoms with Crippen LogP contribution in [0.2, 0.25) is 0 Å². The highest BCUT2D eigenvalue weighted by Gasteiger charge is 2.16. The summed E-state index contributed by atoms with van der Waals surface area (Å²) < 4.78 is 5.34. The monoisotopic (exact) mass is 354 g/mol. The number of amides is 2. The third-order valence-corrected chi connectivity index (χ3v) is 4.06. The van der Waals surface area contributed by atoms with Crippen LogP contribution in [0.5, 0.6) is 0 Å². The maximum atomic E-state index is 12.1. The number of anilines is 1. The molecule has 0 bridgehead atoms. The molecule has 7 nitrogen and oxygen atoms in total. The Morgan fingerprint density at radius 2 is 2.08 bits per heavy atom. The van der Waals surface area contributed by atoms with Crippen molar-refractivity contribution in [3.8, 4) is 0 Å². The van der Waals surface area contributed by atoms with E-state index in [-0.39, 0.29) is 17.9 Å². The summed E-state index contributed by atoms with van der Waals surface area (Å²) in [6, 6.07) is 10.9. The maximum Gasteiger partial charge on any atom is 0.257 e. The minimum absolute atomic E-state index is 0.0121. The largest absolute Gasteiger partial charge is 0.378 e. The molecule has 3 rings (SSSR count). The Kier molecular flexibility index (Phi) is 6.29. The fourth-order valence-corrected chi connectivity index (χ4v) is 2.65. The molecule has 1 aromatic heterocycles. The van der Waals surface area contributed by atoms with Crippen LogP contribution in [-0.2, 0) is 16.1 Å². The van der Waals surface area contributed by atoms with Gasteiger partial charge in [0.1, 0.15) is 0 Å². The summed E-state index contributed by atoms with van der Waals surface area (Å²) in [6.07, 6.45) is 3.54. The summed E-state index contributed by atoms with van der Waals surface area (Å²) in [7, 11) is 0. The van der Waals surface area contributed by atoms with Gasteiger partial charge in [-0.15, -0.1) is 0 Å². The SMILES string of the molecule is O=C(CC1COCCN1)NCc1ccc(NC(=O)c2cccnc2)cc1. The summed E-state index contributed by atoms with van der Waals surface area (Å²) in [6.45, 7) is 2.49. The first-order chi connectivity index (χ1) is 12.7. The number of carbonyl (C=O) groups is 2. The van der Waals surface area contributed by atoms with Crippen molar-refractivity contribution >= 4 is 17.5 Å². The van der Waals surface area contributed by atoms with Crippen molar-refractivity contribution in [2.45, 2.75) is 19.0 Å². The molecule has 2 amide bonds. The molecule has 3 N–H and O–H groups in total. The molecule has 136 valence electrons. The molecule has 1 aliphatic rings. The summed E-state index contributed by atoms with van der Waals surface area (Å²) in [5.41, 5.74) is 2.16. The van der Waals surface area contributed by atoms with E-state index < -0.39 is 0 Å². The van der Waals surface area contributed by atoms with Gasteiger partial charge in [0.2, 0.25) is 5.91 Å². The molecule has 1 unspecified atom stereocenters. The van der Waals surface area contributed by atoms with Crippen LogP contribution >= 0.6 is 0 Å². The number of hydrogen-bond donors (Lipinski definition) is 3. The molecular formula is C19H22N4O3. The molecule has 1 fully saturated rings. The number of carbonyl (C=O) groups excluding carboxylic acids is 2. The third kappa shape index (κ3) is 5.37. The van der Waals surface area contributed by atoms with Gasteiger partial charge in [-0.05, 0) is 29.8 Å². The fourth-order valence-electron chi connectivity index (χ4n) is 2.65. The van der Waals surface area contributed by atoms with Gasteiger partial charge in [0, 0.05) is 43.6 Å². The molecule has 2 heterocycles. The summed E-state index contributed by atoms with van der Waals surface area (Å²) in [4.78, 5) is 28.0. The number of ether oxygens (including phenoxy) is 1. The number of aromatic nitrogens is 1. The van der Waals surface area contributed by atoms with Gasteiger partial charge in [0.25, 0.3) is 5.91 Å². The second kappa shape index (κ2) is 9.07. The Morgan fingerprint density at radius 1 is 1.23 bits per heavy atom. The smallest absolute Gasteiger partial charge is 0.257 e. The maximum absolute atomic E-state index is 12.1. The summed E-state index contributed by atoms with van der Waals surface area (Å²) >= 11 is 0. The van der Waals surface area contributed by atoms with E-state index in [0.717, 1.165) is 12.1 Å². The van der Waals surface area contributed by atoms with E-state index >= 15 is 0 Å². The highest BCUT2D eigenvalue weighted by atomic mass is 16.5. The van der Waals surface area contributed by atoms with Crippen LogP contribution in [0.3, 0.4) is 0 Å². The highest BCUT2D eigenvalue weighted by Crippen LogP contribution is 2.11. The number of morpholine rings is 1. The molecule has 26 heavy (non-hydrogen) atoms. The summed E-state index contributed by atoms with van der Waals surface area (Å²) in [5.74, 6) is -0.219. The quantitative estimate of drug-likeness (QED) is 0.728. The average molecular weight is 354 g/mol. The van der Waals surface area contributed by atoms with Crippen LogP contribution in [0.25, 0.3) is 0 Å². The molecule has 1 atom stereocenters. The van der Waals surface area contributed by atoms with Crippen molar-refractivity contribution in [3.05, 3.63) is 59.9 Å². The van der Waals surface area contributed by atoms with Crippen LogP contribution in [0, 0.1) is 0 Å². The Hall–Kier alpha value is -2.77. The molecule has 7 heteroatoms. The van der Waals surface area contributed by atoms with Gasteiger partial charge >= 0.3 is 0 Å². The molecular weight excluding hydrogens is 332 g/mol. The molecule has 0 aliphatic carbocycles. The lowest BCUT2D eigenvalue weighted by atomic mass is 10.1. The first-order valence-corrected chi connectivity index (χ1v) is 8.59. The summed E-state index contributed by atoms with van der Waals surface area (Å²) in [5, 5.41) is 8.98. The number of rotatable bonds is 6. The standard InChI is InChI=1S/C19H22N4O3/c24-18(10-17-13-26-9-8-21-17)22-11-14-3-5-16(6-4-14)23-19(25)15-2-1-7-20-12-15/h1-7,12,17,21H,8-11,13H2,(H,22,24)(H,23,25). The third-order valence-electron chi connectivity index (χ3n) is 4.06. The number of nitrogens with zero attached hydrogens (tertiary/aromatic N) is 1. The van der Waals surface area contributed by atoms with Crippen molar-refractivity contribution in [2.24, 2.45) is 0 Å². The van der Waals surface area contributed by atoms with Gasteiger partial charge in [-0.2, -0.15) is 0 Å². The van der Waals surface area contributed by atoms with Crippen molar-refractivity contribution < 1.29 is 14.3 Å².